The Morgan fingerprint density at radius 1 is 1.15 bits per heavy atom. The molecular formula is C24H29ClN2O6S. The quantitative estimate of drug-likeness (QED) is 0.391. The van der Waals surface area contributed by atoms with Crippen molar-refractivity contribution >= 4 is 33.5 Å². The number of carbonyl (C=O) groups excluding carboxylic acids is 2. The lowest BCUT2D eigenvalue weighted by Crippen LogP contribution is -2.51. The van der Waals surface area contributed by atoms with E-state index in [9.17, 15) is 18.0 Å². The van der Waals surface area contributed by atoms with Crippen molar-refractivity contribution < 1.29 is 27.5 Å². The van der Waals surface area contributed by atoms with Gasteiger partial charge in [0.05, 0.1) is 17.9 Å². The number of hydrogen-bond acceptors (Lipinski definition) is 6. The largest absolute Gasteiger partial charge is 0.492 e. The molecule has 1 heterocycles. The molecular weight excluding hydrogens is 480 g/mol. The van der Waals surface area contributed by atoms with Gasteiger partial charge in [0.2, 0.25) is 15.9 Å². The summed E-state index contributed by atoms with van der Waals surface area (Å²) in [7, 11) is -2.61. The monoisotopic (exact) mass is 508 g/mol. The van der Waals surface area contributed by atoms with Gasteiger partial charge in [0.25, 0.3) is 0 Å². The second-order valence-electron chi connectivity index (χ2n) is 8.06. The van der Waals surface area contributed by atoms with Gasteiger partial charge in [-0.1, -0.05) is 29.8 Å². The second kappa shape index (κ2) is 11.7. The number of hydrogen-bond donors (Lipinski definition) is 1. The van der Waals surface area contributed by atoms with Gasteiger partial charge in [-0.15, -0.1) is 11.6 Å². The Balaban J connectivity index is 1.73. The van der Waals surface area contributed by atoms with E-state index < -0.39 is 34.0 Å². The number of sulfonamides is 1. The summed E-state index contributed by atoms with van der Waals surface area (Å²) in [5.74, 6) is -0.117. The van der Waals surface area contributed by atoms with Gasteiger partial charge in [-0.3, -0.25) is 4.79 Å². The smallest absolute Gasteiger partial charge is 0.328 e. The van der Waals surface area contributed by atoms with Crippen molar-refractivity contribution in [2.75, 3.05) is 26.1 Å². The average molecular weight is 509 g/mol. The highest BCUT2D eigenvalue weighted by Gasteiger charge is 2.40. The zero-order chi connectivity index (χ0) is 24.7. The Morgan fingerprint density at radius 2 is 1.82 bits per heavy atom. The van der Waals surface area contributed by atoms with Gasteiger partial charge in [-0.05, 0) is 49.6 Å². The molecule has 1 amide bonds. The molecule has 10 heteroatoms. The minimum Gasteiger partial charge on any atom is -0.492 e. The molecule has 0 aliphatic carbocycles. The van der Waals surface area contributed by atoms with Gasteiger partial charge in [0, 0.05) is 13.0 Å². The number of alkyl halides is 1. The Kier molecular flexibility index (Phi) is 8.93. The number of esters is 1. The lowest BCUT2D eigenvalue weighted by Gasteiger charge is -2.25. The van der Waals surface area contributed by atoms with Crippen molar-refractivity contribution in [1.29, 1.82) is 0 Å². The highest BCUT2D eigenvalue weighted by molar-refractivity contribution is 7.89. The van der Waals surface area contributed by atoms with E-state index in [-0.39, 0.29) is 17.9 Å². The SMILES string of the molecule is COC(=O)[C@H](Cc1ccc(OCCCl)cc1)NC(=O)[C@@H]1CCCN1S(=O)(=O)c1ccc(C)cc1. The van der Waals surface area contributed by atoms with E-state index in [4.69, 9.17) is 21.1 Å². The number of aryl methyl sites for hydroxylation is 1. The maximum atomic E-state index is 13.2. The van der Waals surface area contributed by atoms with Crippen LogP contribution in [0, 0.1) is 6.92 Å². The molecule has 0 saturated carbocycles. The third-order valence-corrected chi connectivity index (χ3v) is 7.72. The summed E-state index contributed by atoms with van der Waals surface area (Å²) in [5, 5.41) is 2.70. The van der Waals surface area contributed by atoms with Crippen molar-refractivity contribution in [3.05, 3.63) is 59.7 Å². The van der Waals surface area contributed by atoms with E-state index >= 15 is 0 Å². The fourth-order valence-corrected chi connectivity index (χ4v) is 5.59. The number of carbonyl (C=O) groups is 2. The third-order valence-electron chi connectivity index (χ3n) is 5.65. The van der Waals surface area contributed by atoms with Crippen LogP contribution in [-0.4, -0.2) is 62.8 Å². The minimum atomic E-state index is -3.85. The van der Waals surface area contributed by atoms with Crippen LogP contribution in [0.5, 0.6) is 5.75 Å². The molecule has 0 unspecified atom stereocenters. The van der Waals surface area contributed by atoms with Gasteiger partial charge in [-0.25, -0.2) is 13.2 Å². The first-order chi connectivity index (χ1) is 16.3. The van der Waals surface area contributed by atoms with Crippen molar-refractivity contribution in [1.82, 2.24) is 9.62 Å². The molecule has 1 fully saturated rings. The van der Waals surface area contributed by atoms with Crippen molar-refractivity contribution in [3.63, 3.8) is 0 Å². The van der Waals surface area contributed by atoms with E-state index in [2.05, 4.69) is 5.32 Å². The number of nitrogens with zero attached hydrogens (tertiary/aromatic N) is 1. The molecule has 2 aromatic carbocycles. The fourth-order valence-electron chi connectivity index (χ4n) is 3.85. The summed E-state index contributed by atoms with van der Waals surface area (Å²) in [4.78, 5) is 25.7. The predicted octanol–water partition coefficient (Wildman–Crippen LogP) is 2.67. The van der Waals surface area contributed by atoms with Gasteiger partial charge in [0.1, 0.15) is 24.4 Å². The maximum Gasteiger partial charge on any atom is 0.328 e. The lowest BCUT2D eigenvalue weighted by molar-refractivity contribution is -0.145. The topological polar surface area (TPSA) is 102 Å². The third kappa shape index (κ3) is 6.28. The number of rotatable bonds is 10. The van der Waals surface area contributed by atoms with Crippen molar-refractivity contribution in [2.24, 2.45) is 0 Å². The lowest BCUT2D eigenvalue weighted by atomic mass is 10.0. The summed E-state index contributed by atoms with van der Waals surface area (Å²) in [5.41, 5.74) is 1.72. The van der Waals surface area contributed by atoms with Gasteiger partial charge in [-0.2, -0.15) is 4.31 Å². The summed E-state index contributed by atoms with van der Waals surface area (Å²) in [6.45, 7) is 2.49. The van der Waals surface area contributed by atoms with E-state index in [0.717, 1.165) is 11.1 Å². The summed E-state index contributed by atoms with van der Waals surface area (Å²) in [6.07, 6.45) is 1.11. The summed E-state index contributed by atoms with van der Waals surface area (Å²) >= 11 is 5.63. The van der Waals surface area contributed by atoms with Crippen molar-refractivity contribution in [2.45, 2.75) is 43.2 Å². The number of amides is 1. The first kappa shape index (κ1) is 26.0. The van der Waals surface area contributed by atoms with Gasteiger partial charge >= 0.3 is 5.97 Å². The highest BCUT2D eigenvalue weighted by Crippen LogP contribution is 2.26. The molecule has 3 rings (SSSR count). The van der Waals surface area contributed by atoms with Crippen LogP contribution >= 0.6 is 11.6 Å². The molecule has 1 aliphatic heterocycles. The molecule has 1 aliphatic rings. The molecule has 1 saturated heterocycles. The second-order valence-corrected chi connectivity index (χ2v) is 10.3. The standard InChI is InChI=1S/C24H29ClN2O6S/c1-17-5-11-20(12-6-17)34(30,31)27-14-3-4-22(27)23(28)26-21(24(29)32-2)16-18-7-9-19(10-8-18)33-15-13-25/h5-12,21-22H,3-4,13-16H2,1-2H3,(H,26,28)/t21-,22-/m0/s1. The Morgan fingerprint density at radius 3 is 2.44 bits per heavy atom. The highest BCUT2D eigenvalue weighted by atomic mass is 35.5. The number of nitrogens with one attached hydrogen (secondary N) is 1. The van der Waals surface area contributed by atoms with Crippen LogP contribution in [0.1, 0.15) is 24.0 Å². The number of ether oxygens (including phenoxy) is 2. The molecule has 8 nitrogen and oxygen atoms in total. The fraction of sp³-hybridized carbons (Fsp3) is 0.417. The normalized spacial score (nSPS) is 17.2. The Hall–Kier alpha value is -2.62. The minimum absolute atomic E-state index is 0.138. The summed E-state index contributed by atoms with van der Waals surface area (Å²) < 4.78 is 37.9. The van der Waals surface area contributed by atoms with Gasteiger partial charge in [0.15, 0.2) is 0 Å². The molecule has 184 valence electrons. The first-order valence-electron chi connectivity index (χ1n) is 11.0. The zero-order valence-electron chi connectivity index (χ0n) is 19.2. The molecule has 1 N–H and O–H groups in total. The van der Waals surface area contributed by atoms with Crippen LogP contribution in [-0.2, 0) is 30.8 Å². The number of halogens is 1. The van der Waals surface area contributed by atoms with E-state index in [0.29, 0.717) is 31.1 Å². The van der Waals surface area contributed by atoms with Crippen LogP contribution < -0.4 is 10.1 Å². The zero-order valence-corrected chi connectivity index (χ0v) is 20.8. The molecule has 0 spiro atoms. The Bertz CT molecular complexity index is 1090. The molecule has 0 aromatic heterocycles. The maximum absolute atomic E-state index is 13.2. The number of methoxy groups -OCH3 is 1. The van der Waals surface area contributed by atoms with Crippen molar-refractivity contribution in [3.8, 4) is 5.75 Å². The molecule has 34 heavy (non-hydrogen) atoms. The van der Waals surface area contributed by atoms with E-state index in [1.165, 1.54) is 23.5 Å². The predicted molar refractivity (Wildman–Crippen MR) is 128 cm³/mol. The molecule has 0 radical (unpaired) electrons. The molecule has 0 bridgehead atoms. The van der Waals surface area contributed by atoms with E-state index in [1.54, 1.807) is 36.4 Å². The summed E-state index contributed by atoms with van der Waals surface area (Å²) in [6, 6.07) is 11.7. The van der Waals surface area contributed by atoms with E-state index in [1.807, 2.05) is 6.92 Å². The first-order valence-corrected chi connectivity index (χ1v) is 13.0. The average Bonchev–Trinajstić information content (AvgIpc) is 3.34. The van der Waals surface area contributed by atoms with Crippen LogP contribution in [0.15, 0.2) is 53.4 Å². The van der Waals surface area contributed by atoms with Crippen LogP contribution in [0.4, 0.5) is 0 Å². The van der Waals surface area contributed by atoms with Crippen LogP contribution in [0.2, 0.25) is 0 Å². The Labute approximate surface area is 205 Å². The molecule has 2 aromatic rings. The van der Waals surface area contributed by atoms with Crippen LogP contribution in [0.25, 0.3) is 0 Å². The van der Waals surface area contributed by atoms with Crippen LogP contribution in [0.3, 0.4) is 0 Å². The number of benzene rings is 2. The molecule has 2 atom stereocenters. The van der Waals surface area contributed by atoms with Gasteiger partial charge < -0.3 is 14.8 Å².